The average Bonchev–Trinajstić information content (AvgIpc) is 2.62. The van der Waals surface area contributed by atoms with Gasteiger partial charge in [-0.2, -0.15) is 5.26 Å². The Hall–Kier alpha value is -3.40. The van der Waals surface area contributed by atoms with Crippen LogP contribution in [-0.2, 0) is 21.7 Å². The van der Waals surface area contributed by atoms with Gasteiger partial charge in [0.15, 0.2) is 6.07 Å². The molecule has 7 nitrogen and oxygen atoms in total. The number of hydrogen-bond donors (Lipinski definition) is 0. The summed E-state index contributed by atoms with van der Waals surface area (Å²) in [5.74, 6) is -0.908. The number of benzene rings is 2. The van der Waals surface area contributed by atoms with E-state index in [1.165, 1.54) is 31.2 Å². The molecule has 0 spiro atoms. The molecule has 0 saturated heterocycles. The van der Waals surface area contributed by atoms with Crippen molar-refractivity contribution >= 4 is 5.97 Å². The topological polar surface area (TPSA) is 102 Å². The summed E-state index contributed by atoms with van der Waals surface area (Å²) in [6, 6.07) is 16.6. The van der Waals surface area contributed by atoms with Crippen LogP contribution < -0.4 is 4.74 Å². The molecule has 0 saturated carbocycles. The Kier molecular flexibility index (Phi) is 5.69. The Labute approximate surface area is 144 Å². The molecule has 0 aliphatic rings. The maximum atomic E-state index is 12.1. The molecule has 2 aromatic carbocycles. The maximum Gasteiger partial charge on any atom is 0.424 e. The first-order chi connectivity index (χ1) is 12.0. The van der Waals surface area contributed by atoms with Gasteiger partial charge in [-0.1, -0.05) is 36.4 Å². The number of carbonyl (C=O) groups excluding carboxylic acids is 1. The summed E-state index contributed by atoms with van der Waals surface area (Å²) in [7, 11) is 0. The number of nitriles is 1. The van der Waals surface area contributed by atoms with Crippen molar-refractivity contribution < 1.29 is 19.2 Å². The molecular weight excluding hydrogens is 324 g/mol. The third-order valence-electron chi connectivity index (χ3n) is 3.51. The second-order valence-electron chi connectivity index (χ2n) is 5.10. The van der Waals surface area contributed by atoms with Crippen molar-refractivity contribution in [3.8, 4) is 11.8 Å². The van der Waals surface area contributed by atoms with Crippen LogP contribution in [0.5, 0.6) is 5.75 Å². The number of esters is 1. The standard InChI is InChI=1S/C18H16N2O5/c1-2-24-17(21)18(13-19,20(22)23)15-9-6-10-16(11-15)25-12-14-7-4-3-5-8-14/h3-11H,2,12H2,1H3. The van der Waals surface area contributed by atoms with Gasteiger partial charge in [0, 0.05) is 0 Å². The van der Waals surface area contributed by atoms with Crippen molar-refractivity contribution in [2.24, 2.45) is 0 Å². The van der Waals surface area contributed by atoms with Gasteiger partial charge in [-0.3, -0.25) is 10.1 Å². The van der Waals surface area contributed by atoms with Crippen molar-refractivity contribution in [1.29, 1.82) is 5.26 Å². The number of rotatable bonds is 7. The van der Waals surface area contributed by atoms with Crippen LogP contribution in [0.4, 0.5) is 0 Å². The molecule has 0 aliphatic carbocycles. The van der Waals surface area contributed by atoms with Gasteiger partial charge < -0.3 is 9.47 Å². The van der Waals surface area contributed by atoms with Crippen molar-refractivity contribution in [3.63, 3.8) is 0 Å². The minimum Gasteiger partial charge on any atom is -0.489 e. The van der Waals surface area contributed by atoms with Crippen LogP contribution in [0, 0.1) is 21.4 Å². The lowest BCUT2D eigenvalue weighted by Gasteiger charge is -2.17. The van der Waals surface area contributed by atoms with E-state index in [9.17, 15) is 20.2 Å². The molecule has 1 unspecified atom stereocenters. The van der Waals surface area contributed by atoms with Gasteiger partial charge in [-0.05, 0) is 30.7 Å². The molecule has 0 amide bonds. The van der Waals surface area contributed by atoms with Crippen LogP contribution in [-0.4, -0.2) is 17.5 Å². The molecular formula is C18H16N2O5. The van der Waals surface area contributed by atoms with E-state index >= 15 is 0 Å². The Balaban J connectivity index is 2.32. The van der Waals surface area contributed by atoms with Gasteiger partial charge in [-0.25, -0.2) is 4.79 Å². The Morgan fingerprint density at radius 2 is 1.96 bits per heavy atom. The smallest absolute Gasteiger partial charge is 0.424 e. The molecule has 0 aromatic heterocycles. The molecule has 0 aliphatic heterocycles. The summed E-state index contributed by atoms with van der Waals surface area (Å²) in [5, 5.41) is 20.9. The first kappa shape index (κ1) is 17.9. The second-order valence-corrected chi connectivity index (χ2v) is 5.10. The molecule has 25 heavy (non-hydrogen) atoms. The lowest BCUT2D eigenvalue weighted by molar-refractivity contribution is -0.546. The van der Waals surface area contributed by atoms with Gasteiger partial charge >= 0.3 is 11.5 Å². The van der Waals surface area contributed by atoms with E-state index in [1.54, 1.807) is 6.07 Å². The lowest BCUT2D eigenvalue weighted by atomic mass is 9.92. The first-order valence-electron chi connectivity index (χ1n) is 7.54. The molecule has 0 heterocycles. The van der Waals surface area contributed by atoms with E-state index in [0.29, 0.717) is 5.75 Å². The van der Waals surface area contributed by atoms with E-state index < -0.39 is 16.4 Å². The number of ether oxygens (including phenoxy) is 2. The van der Waals surface area contributed by atoms with Crippen molar-refractivity contribution in [2.75, 3.05) is 6.61 Å². The van der Waals surface area contributed by atoms with E-state index in [0.717, 1.165) is 5.56 Å². The minimum absolute atomic E-state index is 0.0691. The monoisotopic (exact) mass is 340 g/mol. The molecule has 0 N–H and O–H groups in total. The Morgan fingerprint density at radius 3 is 2.56 bits per heavy atom. The van der Waals surface area contributed by atoms with Gasteiger partial charge in [-0.15, -0.1) is 0 Å². The van der Waals surface area contributed by atoms with Crippen molar-refractivity contribution in [2.45, 2.75) is 19.1 Å². The minimum atomic E-state index is -2.62. The molecule has 0 radical (unpaired) electrons. The summed E-state index contributed by atoms with van der Waals surface area (Å²) < 4.78 is 10.3. The van der Waals surface area contributed by atoms with E-state index in [1.807, 2.05) is 30.3 Å². The quantitative estimate of drug-likeness (QED) is 0.436. The Bertz CT molecular complexity index is 801. The zero-order valence-corrected chi connectivity index (χ0v) is 13.5. The zero-order valence-electron chi connectivity index (χ0n) is 13.5. The molecule has 128 valence electrons. The summed E-state index contributed by atoms with van der Waals surface area (Å²) in [5.41, 5.74) is -1.81. The number of carbonyl (C=O) groups is 1. The van der Waals surface area contributed by atoms with Crippen LogP contribution in [0.1, 0.15) is 18.1 Å². The summed E-state index contributed by atoms with van der Waals surface area (Å²) in [6.07, 6.45) is 0. The third kappa shape index (κ3) is 3.75. The molecule has 0 bridgehead atoms. The van der Waals surface area contributed by atoms with Gasteiger partial charge in [0.2, 0.25) is 0 Å². The van der Waals surface area contributed by atoms with Crippen molar-refractivity contribution in [3.05, 3.63) is 75.8 Å². The van der Waals surface area contributed by atoms with Crippen molar-refractivity contribution in [1.82, 2.24) is 0 Å². The highest BCUT2D eigenvalue weighted by Crippen LogP contribution is 2.29. The normalized spacial score (nSPS) is 12.5. The highest BCUT2D eigenvalue weighted by molar-refractivity contribution is 5.84. The van der Waals surface area contributed by atoms with Crippen LogP contribution in [0.2, 0.25) is 0 Å². The van der Waals surface area contributed by atoms with E-state index in [-0.39, 0.29) is 18.8 Å². The largest absolute Gasteiger partial charge is 0.489 e. The highest BCUT2D eigenvalue weighted by atomic mass is 16.6. The third-order valence-corrected chi connectivity index (χ3v) is 3.51. The van der Waals surface area contributed by atoms with Crippen LogP contribution in [0.15, 0.2) is 54.6 Å². The lowest BCUT2D eigenvalue weighted by Crippen LogP contribution is -2.43. The van der Waals surface area contributed by atoms with Gasteiger partial charge in [0.1, 0.15) is 12.4 Å². The van der Waals surface area contributed by atoms with Crippen LogP contribution in [0.25, 0.3) is 0 Å². The molecule has 0 fully saturated rings. The highest BCUT2D eigenvalue weighted by Gasteiger charge is 2.55. The van der Waals surface area contributed by atoms with Gasteiger partial charge in [0.25, 0.3) is 0 Å². The molecule has 2 aromatic rings. The number of nitrogens with zero attached hydrogens (tertiary/aromatic N) is 2. The fourth-order valence-electron chi connectivity index (χ4n) is 2.24. The summed E-state index contributed by atoms with van der Waals surface area (Å²) >= 11 is 0. The van der Waals surface area contributed by atoms with Gasteiger partial charge in [0.05, 0.1) is 17.1 Å². The first-order valence-corrected chi connectivity index (χ1v) is 7.54. The number of hydrogen-bond acceptors (Lipinski definition) is 6. The predicted molar refractivity (Wildman–Crippen MR) is 88.1 cm³/mol. The fraction of sp³-hybridized carbons (Fsp3) is 0.222. The zero-order chi connectivity index (χ0) is 18.3. The summed E-state index contributed by atoms with van der Waals surface area (Å²) in [4.78, 5) is 22.7. The van der Waals surface area contributed by atoms with Crippen LogP contribution in [0.3, 0.4) is 0 Å². The molecule has 1 atom stereocenters. The second kappa shape index (κ2) is 7.93. The van der Waals surface area contributed by atoms with Crippen LogP contribution >= 0.6 is 0 Å². The SMILES string of the molecule is CCOC(=O)C(C#N)(c1cccc(OCc2ccccc2)c1)[N+](=O)[O-]. The van der Waals surface area contributed by atoms with E-state index in [2.05, 4.69) is 0 Å². The molecule has 7 heteroatoms. The molecule has 2 rings (SSSR count). The predicted octanol–water partition coefficient (Wildman–Crippen LogP) is 2.82. The van der Waals surface area contributed by atoms with E-state index in [4.69, 9.17) is 9.47 Å². The average molecular weight is 340 g/mol. The fourth-order valence-corrected chi connectivity index (χ4v) is 2.24. The summed E-state index contributed by atoms with van der Waals surface area (Å²) in [6.45, 7) is 1.70. The number of nitro groups is 1. The Morgan fingerprint density at radius 1 is 1.24 bits per heavy atom. The maximum absolute atomic E-state index is 12.1.